The molecule has 7 nitrogen and oxygen atoms in total. The van der Waals surface area contributed by atoms with Crippen LogP contribution in [0.25, 0.3) is 0 Å². The van der Waals surface area contributed by atoms with E-state index in [-0.39, 0.29) is 18.0 Å². The molecule has 2 aliphatic rings. The highest BCUT2D eigenvalue weighted by Crippen LogP contribution is 2.39. The van der Waals surface area contributed by atoms with Crippen LogP contribution in [0, 0.1) is 0 Å². The van der Waals surface area contributed by atoms with Crippen LogP contribution in [0.1, 0.15) is 42.0 Å². The fourth-order valence-electron chi connectivity index (χ4n) is 4.12. The van der Waals surface area contributed by atoms with Crippen LogP contribution in [0.2, 0.25) is 0 Å². The molecule has 0 spiro atoms. The van der Waals surface area contributed by atoms with Gasteiger partial charge in [0.15, 0.2) is 5.03 Å². The molecule has 26 heavy (non-hydrogen) atoms. The summed E-state index contributed by atoms with van der Waals surface area (Å²) in [5, 5.41) is 14.2. The molecule has 0 amide bonds. The first-order valence-corrected chi connectivity index (χ1v) is 10.2. The Labute approximate surface area is 152 Å². The van der Waals surface area contributed by atoms with Gasteiger partial charge in [-0.05, 0) is 43.7 Å². The lowest BCUT2D eigenvalue weighted by atomic mass is 9.91. The number of carboxylic acids is 1. The number of aryl methyl sites for hydroxylation is 2. The molecule has 1 atom stereocenters. The molecule has 2 aromatic rings. The summed E-state index contributed by atoms with van der Waals surface area (Å²) < 4.78 is 29.8. The number of anilines is 1. The van der Waals surface area contributed by atoms with Crippen molar-refractivity contribution in [2.45, 2.75) is 43.0 Å². The molecule has 1 N–H and O–H groups in total. The van der Waals surface area contributed by atoms with Crippen molar-refractivity contribution >= 4 is 21.7 Å². The van der Waals surface area contributed by atoms with Gasteiger partial charge < -0.3 is 5.11 Å². The van der Waals surface area contributed by atoms with Crippen molar-refractivity contribution < 1.29 is 18.3 Å². The predicted molar refractivity (Wildman–Crippen MR) is 95.8 cm³/mol. The second-order valence-electron chi connectivity index (χ2n) is 6.88. The van der Waals surface area contributed by atoms with Gasteiger partial charge in [0, 0.05) is 19.2 Å². The number of hydrogen-bond acceptors (Lipinski definition) is 4. The highest BCUT2D eigenvalue weighted by atomic mass is 32.2. The summed E-state index contributed by atoms with van der Waals surface area (Å²) in [6.07, 6.45) is 3.75. The highest BCUT2D eigenvalue weighted by molar-refractivity contribution is 7.92. The van der Waals surface area contributed by atoms with Crippen molar-refractivity contribution in [3.05, 3.63) is 41.1 Å². The minimum absolute atomic E-state index is 0.149. The highest BCUT2D eigenvalue weighted by Gasteiger charge is 2.39. The molecule has 4 rings (SSSR count). The van der Waals surface area contributed by atoms with Crippen LogP contribution in [0.3, 0.4) is 0 Å². The number of aliphatic carboxylic acids is 1. The van der Waals surface area contributed by atoms with E-state index in [1.54, 1.807) is 31.3 Å². The zero-order valence-corrected chi connectivity index (χ0v) is 15.4. The smallest absolute Gasteiger partial charge is 0.311 e. The Hall–Kier alpha value is -2.35. The van der Waals surface area contributed by atoms with E-state index in [9.17, 15) is 18.3 Å². The predicted octanol–water partition coefficient (Wildman–Crippen LogP) is 2.07. The summed E-state index contributed by atoms with van der Waals surface area (Å²) >= 11 is 0. The molecule has 1 aromatic carbocycles. The Morgan fingerprint density at radius 1 is 1.23 bits per heavy atom. The van der Waals surface area contributed by atoms with Crippen LogP contribution in [-0.2, 0) is 34.7 Å². The molecule has 1 unspecified atom stereocenters. The van der Waals surface area contributed by atoms with E-state index >= 15 is 0 Å². The van der Waals surface area contributed by atoms with Gasteiger partial charge in [0.05, 0.1) is 17.3 Å². The van der Waals surface area contributed by atoms with Crippen LogP contribution in [0.5, 0.6) is 0 Å². The fraction of sp³-hybridized carbons (Fsp3) is 0.444. The molecule has 1 aliphatic carbocycles. The second-order valence-corrected chi connectivity index (χ2v) is 8.65. The number of para-hydroxylation sites is 1. The fourth-order valence-corrected chi connectivity index (χ4v) is 6.00. The lowest BCUT2D eigenvalue weighted by Gasteiger charge is -2.33. The number of benzene rings is 1. The number of aromatic nitrogens is 2. The molecular weight excluding hydrogens is 354 g/mol. The van der Waals surface area contributed by atoms with E-state index in [1.165, 1.54) is 8.99 Å². The second kappa shape index (κ2) is 6.12. The first-order valence-electron chi connectivity index (χ1n) is 8.80. The molecular formula is C18H21N3O4S. The molecule has 138 valence electrons. The van der Waals surface area contributed by atoms with Gasteiger partial charge in [-0.2, -0.15) is 13.5 Å². The maximum Gasteiger partial charge on any atom is 0.311 e. The SMILES string of the molecule is Cn1nc2c(c1S(=O)(=O)N1CCC(C(=O)O)c3ccccc31)CCCC2. The summed E-state index contributed by atoms with van der Waals surface area (Å²) in [4.78, 5) is 11.6. The Morgan fingerprint density at radius 2 is 1.96 bits per heavy atom. The summed E-state index contributed by atoms with van der Waals surface area (Å²) in [7, 11) is -2.14. The minimum Gasteiger partial charge on any atom is -0.481 e. The average molecular weight is 375 g/mol. The van der Waals surface area contributed by atoms with Gasteiger partial charge >= 0.3 is 5.97 Å². The van der Waals surface area contributed by atoms with Crippen molar-refractivity contribution in [3.63, 3.8) is 0 Å². The van der Waals surface area contributed by atoms with Crippen LogP contribution in [0.4, 0.5) is 5.69 Å². The zero-order valence-electron chi connectivity index (χ0n) is 14.6. The Morgan fingerprint density at radius 3 is 2.73 bits per heavy atom. The standard InChI is InChI=1S/C18H21N3O4S/c1-20-17(14-7-2-4-8-15(14)19-20)26(24,25)21-11-10-13(18(22)23)12-6-3-5-9-16(12)21/h3,5-6,9,13H,2,4,7-8,10-11H2,1H3,(H,22,23). The summed E-state index contributed by atoms with van der Waals surface area (Å²) in [5.41, 5.74) is 2.69. The molecule has 8 heteroatoms. The van der Waals surface area contributed by atoms with E-state index in [4.69, 9.17) is 0 Å². The van der Waals surface area contributed by atoms with Crippen LogP contribution >= 0.6 is 0 Å². The van der Waals surface area contributed by atoms with Gasteiger partial charge in [-0.3, -0.25) is 13.8 Å². The molecule has 0 saturated carbocycles. The third-order valence-corrected chi connectivity index (χ3v) is 7.25. The largest absolute Gasteiger partial charge is 0.481 e. The van der Waals surface area contributed by atoms with Gasteiger partial charge in [-0.1, -0.05) is 18.2 Å². The molecule has 0 fully saturated rings. The van der Waals surface area contributed by atoms with Crippen LogP contribution < -0.4 is 4.31 Å². The molecule has 1 aromatic heterocycles. The van der Waals surface area contributed by atoms with Crippen molar-refractivity contribution in [1.82, 2.24) is 9.78 Å². The lowest BCUT2D eigenvalue weighted by Crippen LogP contribution is -2.39. The Kier molecular flexibility index (Phi) is 4.02. The number of carbonyl (C=O) groups is 1. The minimum atomic E-state index is -3.81. The number of carboxylic acid groups (broad SMARTS) is 1. The number of fused-ring (bicyclic) bond motifs is 2. The Bertz CT molecular complexity index is 980. The van der Waals surface area contributed by atoms with E-state index in [0.29, 0.717) is 17.7 Å². The maximum absolute atomic E-state index is 13.5. The van der Waals surface area contributed by atoms with E-state index < -0.39 is 21.9 Å². The van der Waals surface area contributed by atoms with Gasteiger partial charge in [0.2, 0.25) is 0 Å². The zero-order chi connectivity index (χ0) is 18.5. The molecule has 0 radical (unpaired) electrons. The quantitative estimate of drug-likeness (QED) is 0.886. The van der Waals surface area contributed by atoms with Gasteiger partial charge in [0.25, 0.3) is 10.0 Å². The van der Waals surface area contributed by atoms with Gasteiger partial charge in [0.1, 0.15) is 0 Å². The topological polar surface area (TPSA) is 92.5 Å². The number of sulfonamides is 1. The normalized spacial score (nSPS) is 19.7. The first-order chi connectivity index (χ1) is 12.4. The van der Waals surface area contributed by atoms with Crippen molar-refractivity contribution in [2.24, 2.45) is 7.05 Å². The lowest BCUT2D eigenvalue weighted by molar-refractivity contribution is -0.139. The summed E-state index contributed by atoms with van der Waals surface area (Å²) in [6.45, 7) is 0.149. The van der Waals surface area contributed by atoms with E-state index in [2.05, 4.69) is 5.10 Å². The number of nitrogens with zero attached hydrogens (tertiary/aromatic N) is 3. The monoisotopic (exact) mass is 375 g/mol. The molecule has 0 saturated heterocycles. The van der Waals surface area contributed by atoms with Crippen LogP contribution in [-0.4, -0.2) is 35.8 Å². The average Bonchev–Trinajstić information content (AvgIpc) is 2.96. The molecule has 2 heterocycles. The van der Waals surface area contributed by atoms with Crippen molar-refractivity contribution in [3.8, 4) is 0 Å². The van der Waals surface area contributed by atoms with Crippen LogP contribution in [0.15, 0.2) is 29.3 Å². The summed E-state index contributed by atoms with van der Waals surface area (Å²) in [5.74, 6) is -1.61. The van der Waals surface area contributed by atoms with E-state index in [1.807, 2.05) is 0 Å². The first kappa shape index (κ1) is 17.1. The maximum atomic E-state index is 13.5. The number of hydrogen-bond donors (Lipinski definition) is 1. The molecule has 0 bridgehead atoms. The third-order valence-electron chi connectivity index (χ3n) is 5.30. The van der Waals surface area contributed by atoms with Gasteiger partial charge in [-0.25, -0.2) is 0 Å². The Balaban J connectivity index is 1.84. The van der Waals surface area contributed by atoms with Gasteiger partial charge in [-0.15, -0.1) is 0 Å². The van der Waals surface area contributed by atoms with E-state index in [0.717, 1.165) is 30.5 Å². The van der Waals surface area contributed by atoms with Crippen molar-refractivity contribution in [2.75, 3.05) is 10.8 Å². The number of rotatable bonds is 3. The molecule has 1 aliphatic heterocycles. The third kappa shape index (κ3) is 2.51. The van der Waals surface area contributed by atoms with Crippen molar-refractivity contribution in [1.29, 1.82) is 0 Å². The summed E-state index contributed by atoms with van der Waals surface area (Å²) in [6, 6.07) is 6.88.